The van der Waals surface area contributed by atoms with Gasteiger partial charge in [-0.05, 0) is 86.8 Å². The van der Waals surface area contributed by atoms with Crippen molar-refractivity contribution in [3.8, 4) is 0 Å². The van der Waals surface area contributed by atoms with E-state index in [-0.39, 0.29) is 16.5 Å². The summed E-state index contributed by atoms with van der Waals surface area (Å²) >= 11 is 0. The van der Waals surface area contributed by atoms with Gasteiger partial charge in [-0.3, -0.25) is 0 Å². The van der Waals surface area contributed by atoms with Crippen LogP contribution in [0.15, 0.2) is 59.7 Å². The molecule has 1 aliphatic heterocycles. The predicted molar refractivity (Wildman–Crippen MR) is 219 cm³/mol. The number of benzene rings is 2. The molecule has 3 rings (SSSR count). The van der Waals surface area contributed by atoms with Crippen molar-refractivity contribution in [1.82, 2.24) is 0 Å². The Morgan fingerprint density at radius 1 is 0.460 bits per heavy atom. The molecule has 2 aromatic rings. The van der Waals surface area contributed by atoms with Crippen molar-refractivity contribution in [1.29, 1.82) is 0 Å². The van der Waals surface area contributed by atoms with Crippen molar-refractivity contribution in [2.45, 2.75) is 189 Å². The maximum absolute atomic E-state index is 11.9. The molecule has 0 aromatic heterocycles. The Balaban J connectivity index is 0.00000191. The molecule has 50 heavy (non-hydrogen) atoms. The number of nitrogens with zero attached hydrogens (tertiary/aromatic N) is 2. The maximum atomic E-state index is 11.9. The summed E-state index contributed by atoms with van der Waals surface area (Å²) < 4.78 is 1.55. The summed E-state index contributed by atoms with van der Waals surface area (Å²) in [5.41, 5.74) is 21.7. The summed E-state index contributed by atoms with van der Waals surface area (Å²) in [5, 5.41) is 0. The van der Waals surface area contributed by atoms with Crippen molar-refractivity contribution in [2.24, 2.45) is 0 Å². The quantitative estimate of drug-likeness (QED) is 0.0471. The SMILES string of the molecule is CCCCCCc1ccc(C2=C(CCCCC)C(CCCC)=C(c3cccc(CCCCCC)c3)[N+]2=[N-])cc1.[CH2-]CCCC.[CH2-]CCCC.[Ni+2]. The molecule has 0 bridgehead atoms. The van der Waals surface area contributed by atoms with E-state index in [0.29, 0.717) is 0 Å². The van der Waals surface area contributed by atoms with E-state index in [2.05, 4.69) is 104 Å². The molecular formula is C47H76N2Ni. The number of allylic oxidation sites excluding steroid dienone is 2. The van der Waals surface area contributed by atoms with Gasteiger partial charge in [0.25, 0.3) is 0 Å². The van der Waals surface area contributed by atoms with Crippen LogP contribution in [0.1, 0.15) is 199 Å². The average molecular weight is 728 g/mol. The van der Waals surface area contributed by atoms with Crippen LogP contribution < -0.4 is 0 Å². The largest absolute Gasteiger partial charge is 2.00 e. The fourth-order valence-electron chi connectivity index (χ4n) is 6.41. The first-order valence-electron chi connectivity index (χ1n) is 20.7. The number of hydrogen-bond acceptors (Lipinski definition) is 0. The van der Waals surface area contributed by atoms with E-state index in [9.17, 15) is 5.53 Å². The molecule has 0 amide bonds. The molecule has 2 aromatic carbocycles. The molecule has 0 saturated heterocycles. The third kappa shape index (κ3) is 18.5. The van der Waals surface area contributed by atoms with Crippen molar-refractivity contribution >= 4 is 11.4 Å². The van der Waals surface area contributed by atoms with Gasteiger partial charge in [-0.2, -0.15) is 12.8 Å². The van der Waals surface area contributed by atoms with Gasteiger partial charge in [-0.25, -0.2) is 4.70 Å². The first kappa shape index (κ1) is 48.0. The van der Waals surface area contributed by atoms with Gasteiger partial charge >= 0.3 is 16.5 Å². The summed E-state index contributed by atoms with van der Waals surface area (Å²) in [6.07, 6.45) is 27.8. The van der Waals surface area contributed by atoms with Gasteiger partial charge in [-0.1, -0.05) is 149 Å². The molecule has 284 valence electrons. The van der Waals surface area contributed by atoms with E-state index in [1.54, 1.807) is 4.70 Å². The third-order valence-electron chi connectivity index (χ3n) is 9.44. The first-order valence-corrected chi connectivity index (χ1v) is 20.7. The number of unbranched alkanes of at least 4 members (excludes halogenated alkanes) is 13. The minimum absolute atomic E-state index is 0. The number of hydrogen-bond donors (Lipinski definition) is 0. The smallest absolute Gasteiger partial charge is 0.493 e. The number of aryl methyl sites for hydroxylation is 2. The van der Waals surface area contributed by atoms with Gasteiger partial charge in [0.1, 0.15) is 0 Å². The van der Waals surface area contributed by atoms with E-state index in [0.717, 1.165) is 73.9 Å². The van der Waals surface area contributed by atoms with Gasteiger partial charge < -0.3 is 19.4 Å². The molecule has 0 N–H and O–H groups in total. The fourth-order valence-corrected chi connectivity index (χ4v) is 6.41. The monoisotopic (exact) mass is 727 g/mol. The van der Waals surface area contributed by atoms with Gasteiger partial charge in [0, 0.05) is 22.3 Å². The average Bonchev–Trinajstić information content (AvgIpc) is 3.39. The van der Waals surface area contributed by atoms with Crippen LogP contribution in [0.25, 0.3) is 16.9 Å². The molecule has 0 unspecified atom stereocenters. The zero-order chi connectivity index (χ0) is 36.1. The summed E-state index contributed by atoms with van der Waals surface area (Å²) in [4.78, 5) is 0. The van der Waals surface area contributed by atoms with E-state index >= 15 is 0 Å². The fraction of sp³-hybridized carbons (Fsp3) is 0.617. The van der Waals surface area contributed by atoms with Crippen LogP contribution in [-0.2, 0) is 29.3 Å². The molecule has 0 radical (unpaired) electrons. The van der Waals surface area contributed by atoms with Crippen LogP contribution in [0.5, 0.6) is 0 Å². The Kier molecular flexibility index (Phi) is 30.5. The standard InChI is InChI=1S/C37H54N2.2C5H11.Ni/c1-5-9-13-16-19-30-25-27-32(28-26-30)36-35(24-15-11-7-3)34(23-12-8-4)37(39(36)38)33-22-18-21-31(29-33)20-17-14-10-6-2;2*1-3-5-4-2;/h18,21-22,25-29H,5-17,19-20,23-24H2,1-4H3;2*1,3-5H2,2H3;/q;2*-1;+2. The molecule has 0 aliphatic carbocycles. The molecule has 0 saturated carbocycles. The number of rotatable bonds is 23. The van der Waals surface area contributed by atoms with Crippen molar-refractivity contribution in [2.75, 3.05) is 0 Å². The van der Waals surface area contributed by atoms with E-state index < -0.39 is 0 Å². The molecule has 0 spiro atoms. The predicted octanol–water partition coefficient (Wildman–Crippen LogP) is 15.9. The first-order chi connectivity index (χ1) is 24.0. The summed E-state index contributed by atoms with van der Waals surface area (Å²) in [5.74, 6) is 0. The molecular weight excluding hydrogens is 651 g/mol. The molecule has 1 aliphatic rings. The van der Waals surface area contributed by atoms with Gasteiger partial charge in [0.2, 0.25) is 11.4 Å². The van der Waals surface area contributed by atoms with E-state index in [4.69, 9.17) is 0 Å². The molecule has 3 heteroatoms. The van der Waals surface area contributed by atoms with Gasteiger partial charge in [-0.15, -0.1) is 0 Å². The zero-order valence-electron chi connectivity index (χ0n) is 33.5. The zero-order valence-corrected chi connectivity index (χ0v) is 34.5. The van der Waals surface area contributed by atoms with Crippen molar-refractivity contribution < 1.29 is 21.2 Å². The van der Waals surface area contributed by atoms with Gasteiger partial charge in [0.05, 0.1) is 0 Å². The van der Waals surface area contributed by atoms with Crippen LogP contribution >= 0.6 is 0 Å². The van der Waals surface area contributed by atoms with Crippen LogP contribution in [-0.4, -0.2) is 4.70 Å². The Bertz CT molecular complexity index is 1180. The molecule has 1 heterocycles. The van der Waals surface area contributed by atoms with E-state index in [1.165, 1.54) is 119 Å². The second-order valence-electron chi connectivity index (χ2n) is 14.0. The van der Waals surface area contributed by atoms with Crippen LogP contribution in [0.4, 0.5) is 0 Å². The minimum atomic E-state index is 0. The van der Waals surface area contributed by atoms with Crippen LogP contribution in [0, 0.1) is 13.8 Å². The Labute approximate surface area is 321 Å². The molecule has 0 atom stereocenters. The van der Waals surface area contributed by atoms with Crippen molar-refractivity contribution in [3.63, 3.8) is 0 Å². The summed E-state index contributed by atoms with van der Waals surface area (Å²) in [7, 11) is 0. The van der Waals surface area contributed by atoms with Crippen LogP contribution in [0.2, 0.25) is 0 Å². The molecule has 2 nitrogen and oxygen atoms in total. The Morgan fingerprint density at radius 3 is 1.38 bits per heavy atom. The summed E-state index contributed by atoms with van der Waals surface area (Å²) in [6, 6.07) is 18.0. The third-order valence-corrected chi connectivity index (χ3v) is 9.44. The minimum Gasteiger partial charge on any atom is -0.493 e. The topological polar surface area (TPSA) is 25.3 Å². The second kappa shape index (κ2) is 31.7. The van der Waals surface area contributed by atoms with E-state index in [1.807, 2.05) is 0 Å². The maximum Gasteiger partial charge on any atom is 2.00 e. The van der Waals surface area contributed by atoms with Crippen LogP contribution in [0.3, 0.4) is 0 Å². The normalized spacial score (nSPS) is 12.4. The second-order valence-corrected chi connectivity index (χ2v) is 14.0. The van der Waals surface area contributed by atoms with Gasteiger partial charge in [0.15, 0.2) is 0 Å². The Hall–Kier alpha value is -1.99. The summed E-state index contributed by atoms with van der Waals surface area (Å²) in [6.45, 7) is 20.8. The molecule has 0 fully saturated rings. The van der Waals surface area contributed by atoms with Crippen molar-refractivity contribution in [3.05, 3.63) is 101 Å². The Morgan fingerprint density at radius 2 is 0.900 bits per heavy atom.